The molecule has 26 heavy (non-hydrogen) atoms. The van der Waals surface area contributed by atoms with Crippen LogP contribution < -0.4 is 5.73 Å². The van der Waals surface area contributed by atoms with E-state index in [2.05, 4.69) is 35.2 Å². The fraction of sp³-hybridized carbons (Fsp3) is 0.368. The molecule has 3 rings (SSSR count). The van der Waals surface area contributed by atoms with E-state index in [9.17, 15) is 0 Å². The molecule has 0 aliphatic carbocycles. The van der Waals surface area contributed by atoms with Gasteiger partial charge in [0.15, 0.2) is 0 Å². The first kappa shape index (κ1) is 17.8. The number of nitrogens with zero attached hydrogens (tertiary/aromatic N) is 6. The zero-order valence-electron chi connectivity index (χ0n) is 15.5. The molecular weight excluding hydrogens is 326 g/mol. The molecule has 0 unspecified atom stereocenters. The number of hydrogen-bond acceptors (Lipinski definition) is 5. The molecular formula is C19H25N7. The molecule has 0 aliphatic rings. The first-order valence-corrected chi connectivity index (χ1v) is 9.02. The SMILES string of the molecule is CCN=CC(=CN)c1cn2nccc2c(-c2cnn(C(CC)CC)c2)n1. The van der Waals surface area contributed by atoms with Gasteiger partial charge in [-0.1, -0.05) is 13.8 Å². The minimum Gasteiger partial charge on any atom is -0.404 e. The Hall–Kier alpha value is -2.96. The number of aromatic nitrogens is 5. The van der Waals surface area contributed by atoms with Gasteiger partial charge >= 0.3 is 0 Å². The Morgan fingerprint density at radius 2 is 2.04 bits per heavy atom. The zero-order chi connectivity index (χ0) is 18.5. The molecule has 136 valence electrons. The predicted molar refractivity (Wildman–Crippen MR) is 105 cm³/mol. The van der Waals surface area contributed by atoms with Crippen LogP contribution in [0.4, 0.5) is 0 Å². The third-order valence-electron chi connectivity index (χ3n) is 4.47. The van der Waals surface area contributed by atoms with Crippen molar-refractivity contribution >= 4 is 17.3 Å². The molecule has 2 N–H and O–H groups in total. The van der Waals surface area contributed by atoms with E-state index >= 15 is 0 Å². The average Bonchev–Trinajstić information content (AvgIpc) is 3.32. The Morgan fingerprint density at radius 1 is 1.23 bits per heavy atom. The minimum atomic E-state index is 0.393. The van der Waals surface area contributed by atoms with Crippen LogP contribution in [0.25, 0.3) is 22.3 Å². The second-order valence-corrected chi connectivity index (χ2v) is 6.07. The lowest BCUT2D eigenvalue weighted by Gasteiger charge is -2.12. The molecule has 0 atom stereocenters. The first-order valence-electron chi connectivity index (χ1n) is 9.02. The van der Waals surface area contributed by atoms with E-state index < -0.39 is 0 Å². The van der Waals surface area contributed by atoms with Gasteiger partial charge in [0, 0.05) is 36.3 Å². The highest BCUT2D eigenvalue weighted by Gasteiger charge is 2.15. The van der Waals surface area contributed by atoms with Crippen LogP contribution in [0.1, 0.15) is 45.3 Å². The van der Waals surface area contributed by atoms with Crippen molar-refractivity contribution in [3.05, 3.63) is 42.7 Å². The van der Waals surface area contributed by atoms with Crippen molar-refractivity contribution in [1.82, 2.24) is 24.4 Å². The first-order chi connectivity index (χ1) is 12.7. The topological polar surface area (TPSA) is 86.4 Å². The van der Waals surface area contributed by atoms with Crippen LogP contribution in [-0.2, 0) is 0 Å². The molecule has 0 spiro atoms. The van der Waals surface area contributed by atoms with E-state index in [-0.39, 0.29) is 0 Å². The largest absolute Gasteiger partial charge is 0.404 e. The Bertz CT molecular complexity index is 928. The van der Waals surface area contributed by atoms with Crippen molar-refractivity contribution in [2.24, 2.45) is 10.7 Å². The predicted octanol–water partition coefficient (Wildman–Crippen LogP) is 3.34. The normalized spacial score (nSPS) is 12.7. The van der Waals surface area contributed by atoms with Crippen molar-refractivity contribution in [2.45, 2.75) is 39.7 Å². The smallest absolute Gasteiger partial charge is 0.0999 e. The fourth-order valence-electron chi connectivity index (χ4n) is 2.99. The van der Waals surface area contributed by atoms with Crippen LogP contribution in [0.2, 0.25) is 0 Å². The zero-order valence-corrected chi connectivity index (χ0v) is 15.5. The van der Waals surface area contributed by atoms with Crippen molar-refractivity contribution in [3.63, 3.8) is 0 Å². The second kappa shape index (κ2) is 7.95. The quantitative estimate of drug-likeness (QED) is 0.661. The monoisotopic (exact) mass is 351 g/mol. The van der Waals surface area contributed by atoms with Gasteiger partial charge in [-0.15, -0.1) is 0 Å². The van der Waals surface area contributed by atoms with E-state index in [1.807, 2.05) is 34.6 Å². The number of nitrogens with two attached hydrogens (primary N) is 1. The average molecular weight is 351 g/mol. The molecule has 3 heterocycles. The highest BCUT2D eigenvalue weighted by Crippen LogP contribution is 2.26. The molecule has 0 aliphatic heterocycles. The van der Waals surface area contributed by atoms with Gasteiger partial charge in [-0.2, -0.15) is 10.2 Å². The minimum absolute atomic E-state index is 0.393. The third-order valence-corrected chi connectivity index (χ3v) is 4.47. The van der Waals surface area contributed by atoms with Crippen LogP contribution in [0.5, 0.6) is 0 Å². The van der Waals surface area contributed by atoms with Gasteiger partial charge in [0.25, 0.3) is 0 Å². The molecule has 0 bridgehead atoms. The van der Waals surface area contributed by atoms with Crippen LogP contribution in [0.3, 0.4) is 0 Å². The summed E-state index contributed by atoms with van der Waals surface area (Å²) in [6.07, 6.45) is 12.9. The van der Waals surface area contributed by atoms with Crippen molar-refractivity contribution in [3.8, 4) is 11.3 Å². The van der Waals surface area contributed by atoms with Gasteiger partial charge in [0.1, 0.15) is 0 Å². The van der Waals surface area contributed by atoms with Gasteiger partial charge < -0.3 is 5.73 Å². The van der Waals surface area contributed by atoms with E-state index in [1.54, 1.807) is 12.4 Å². The summed E-state index contributed by atoms with van der Waals surface area (Å²) in [7, 11) is 0. The van der Waals surface area contributed by atoms with Crippen molar-refractivity contribution in [2.75, 3.05) is 6.54 Å². The van der Waals surface area contributed by atoms with E-state index in [4.69, 9.17) is 10.7 Å². The molecule has 3 aromatic heterocycles. The maximum absolute atomic E-state index is 5.79. The summed E-state index contributed by atoms with van der Waals surface area (Å²) in [6, 6.07) is 2.34. The van der Waals surface area contributed by atoms with E-state index in [0.29, 0.717) is 12.6 Å². The molecule has 0 aromatic carbocycles. The maximum Gasteiger partial charge on any atom is 0.0999 e. The molecule has 3 aromatic rings. The van der Waals surface area contributed by atoms with Gasteiger partial charge in [0.05, 0.1) is 41.5 Å². The van der Waals surface area contributed by atoms with Gasteiger partial charge in [-0.25, -0.2) is 9.50 Å². The van der Waals surface area contributed by atoms with Crippen LogP contribution in [0.15, 0.2) is 42.0 Å². The molecule has 7 nitrogen and oxygen atoms in total. The Morgan fingerprint density at radius 3 is 2.73 bits per heavy atom. The Balaban J connectivity index is 2.11. The summed E-state index contributed by atoms with van der Waals surface area (Å²) in [5, 5.41) is 8.93. The second-order valence-electron chi connectivity index (χ2n) is 6.07. The summed E-state index contributed by atoms with van der Waals surface area (Å²) in [5.74, 6) is 0. The molecule has 0 amide bonds. The van der Waals surface area contributed by atoms with Gasteiger partial charge in [0.2, 0.25) is 0 Å². The van der Waals surface area contributed by atoms with Crippen LogP contribution in [-0.4, -0.2) is 37.1 Å². The Kier molecular flexibility index (Phi) is 5.46. The molecule has 7 heteroatoms. The van der Waals surface area contributed by atoms with Crippen molar-refractivity contribution < 1.29 is 0 Å². The number of aliphatic imine (C=N–C) groups is 1. The lowest BCUT2D eigenvalue weighted by molar-refractivity contribution is 0.428. The van der Waals surface area contributed by atoms with Gasteiger partial charge in [-0.3, -0.25) is 9.67 Å². The van der Waals surface area contributed by atoms with Crippen LogP contribution in [0, 0.1) is 0 Å². The third kappa shape index (κ3) is 3.37. The number of fused-ring (bicyclic) bond motifs is 1. The van der Waals surface area contributed by atoms with Crippen molar-refractivity contribution in [1.29, 1.82) is 0 Å². The Labute approximate surface area is 153 Å². The lowest BCUT2D eigenvalue weighted by Crippen LogP contribution is -2.06. The summed E-state index contributed by atoms with van der Waals surface area (Å²) >= 11 is 0. The molecule has 0 fully saturated rings. The highest BCUT2D eigenvalue weighted by atomic mass is 15.3. The van der Waals surface area contributed by atoms with E-state index in [1.165, 1.54) is 6.20 Å². The fourth-order valence-corrected chi connectivity index (χ4v) is 2.99. The molecule has 0 radical (unpaired) electrons. The number of hydrogen-bond donors (Lipinski definition) is 1. The number of allylic oxidation sites excluding steroid dienone is 1. The number of rotatable bonds is 7. The summed E-state index contributed by atoms with van der Waals surface area (Å²) in [6.45, 7) is 7.02. The van der Waals surface area contributed by atoms with Gasteiger partial charge in [-0.05, 0) is 25.8 Å². The summed E-state index contributed by atoms with van der Waals surface area (Å²) in [5.41, 5.74) is 10.0. The van der Waals surface area contributed by atoms with Crippen LogP contribution >= 0.6 is 0 Å². The molecule has 0 saturated heterocycles. The highest BCUT2D eigenvalue weighted by molar-refractivity contribution is 6.09. The summed E-state index contributed by atoms with van der Waals surface area (Å²) in [4.78, 5) is 9.12. The molecule has 0 saturated carbocycles. The lowest BCUT2D eigenvalue weighted by atomic mass is 10.1. The maximum atomic E-state index is 5.79. The summed E-state index contributed by atoms with van der Waals surface area (Å²) < 4.78 is 3.84. The standard InChI is InChI=1S/C19H25N7/c1-4-16(5-2)25-12-15(11-23-25)19-18-7-8-22-26(18)13-17(24-19)14(9-20)10-21-6-3/h7-13,16H,4-6,20H2,1-3H3. The van der Waals surface area contributed by atoms with E-state index in [0.717, 1.165) is 40.9 Å².